The number of hydrogen-bond donors (Lipinski definition) is 2. The van der Waals surface area contributed by atoms with E-state index in [1.165, 1.54) is 19.1 Å². The van der Waals surface area contributed by atoms with Crippen LogP contribution in [0.4, 0.5) is 4.39 Å². The Balaban J connectivity index is 2.35. The number of carbonyl (C=O) groups is 1. The van der Waals surface area contributed by atoms with Crippen LogP contribution in [0.2, 0.25) is 0 Å². The minimum atomic E-state index is -0.358. The van der Waals surface area contributed by atoms with E-state index in [0.717, 1.165) is 5.56 Å². The summed E-state index contributed by atoms with van der Waals surface area (Å²) in [4.78, 5) is 13.7. The van der Waals surface area contributed by atoms with Gasteiger partial charge in [-0.2, -0.15) is 5.26 Å². The van der Waals surface area contributed by atoms with Crippen molar-refractivity contribution in [3.63, 3.8) is 0 Å². The van der Waals surface area contributed by atoms with Crippen LogP contribution in [0.25, 0.3) is 10.9 Å². The van der Waals surface area contributed by atoms with E-state index in [1.54, 1.807) is 6.20 Å². The normalized spacial score (nSPS) is 10.3. The predicted octanol–water partition coefficient (Wildman–Crippen LogP) is 1.86. The number of rotatable bonds is 3. The molecule has 0 saturated heterocycles. The molecule has 5 heteroatoms. The van der Waals surface area contributed by atoms with Crippen molar-refractivity contribution in [3.05, 3.63) is 35.3 Å². The van der Waals surface area contributed by atoms with Gasteiger partial charge in [0.05, 0.1) is 11.1 Å². The Labute approximate surface area is 103 Å². The van der Waals surface area contributed by atoms with Crippen molar-refractivity contribution in [1.82, 2.24) is 10.3 Å². The lowest BCUT2D eigenvalue weighted by atomic mass is 10.1. The van der Waals surface area contributed by atoms with Crippen LogP contribution >= 0.6 is 0 Å². The largest absolute Gasteiger partial charge is 0.360 e. The molecule has 0 fully saturated rings. The first-order valence-corrected chi connectivity index (χ1v) is 5.56. The standard InChI is InChI=1S/C13H12FN3O/c1-8(18)16-5-4-10-7-17-13-9(6-15)2-3-11(14)12(10)13/h2-3,7,17H,4-5H2,1H3,(H,16,18). The minimum Gasteiger partial charge on any atom is -0.360 e. The number of hydrogen-bond acceptors (Lipinski definition) is 2. The summed E-state index contributed by atoms with van der Waals surface area (Å²) >= 11 is 0. The Morgan fingerprint density at radius 1 is 1.56 bits per heavy atom. The van der Waals surface area contributed by atoms with Gasteiger partial charge in [-0.05, 0) is 24.1 Å². The second kappa shape index (κ2) is 4.88. The van der Waals surface area contributed by atoms with Crippen molar-refractivity contribution in [2.75, 3.05) is 6.54 Å². The molecule has 92 valence electrons. The van der Waals surface area contributed by atoms with Crippen LogP contribution in [0.3, 0.4) is 0 Å². The molecule has 18 heavy (non-hydrogen) atoms. The van der Waals surface area contributed by atoms with Crippen LogP contribution in [0.15, 0.2) is 18.3 Å². The van der Waals surface area contributed by atoms with Gasteiger partial charge in [0.2, 0.25) is 5.91 Å². The number of amides is 1. The van der Waals surface area contributed by atoms with Gasteiger partial charge in [0.25, 0.3) is 0 Å². The summed E-state index contributed by atoms with van der Waals surface area (Å²) in [5.74, 6) is -0.476. The van der Waals surface area contributed by atoms with Crippen molar-refractivity contribution in [2.24, 2.45) is 0 Å². The van der Waals surface area contributed by atoms with E-state index in [2.05, 4.69) is 10.3 Å². The van der Waals surface area contributed by atoms with E-state index < -0.39 is 0 Å². The summed E-state index contributed by atoms with van der Waals surface area (Å²) in [7, 11) is 0. The number of aromatic nitrogens is 1. The fourth-order valence-corrected chi connectivity index (χ4v) is 1.94. The van der Waals surface area contributed by atoms with E-state index in [-0.39, 0.29) is 11.7 Å². The van der Waals surface area contributed by atoms with Gasteiger partial charge in [-0.15, -0.1) is 0 Å². The third-order valence-electron chi connectivity index (χ3n) is 2.76. The molecule has 1 heterocycles. The van der Waals surface area contributed by atoms with E-state index in [4.69, 9.17) is 5.26 Å². The lowest BCUT2D eigenvalue weighted by Crippen LogP contribution is -2.22. The number of aromatic amines is 1. The van der Waals surface area contributed by atoms with Gasteiger partial charge in [-0.1, -0.05) is 0 Å². The fourth-order valence-electron chi connectivity index (χ4n) is 1.94. The molecule has 0 saturated carbocycles. The highest BCUT2D eigenvalue weighted by molar-refractivity contribution is 5.88. The summed E-state index contributed by atoms with van der Waals surface area (Å²) in [6, 6.07) is 4.76. The van der Waals surface area contributed by atoms with Gasteiger partial charge in [0.1, 0.15) is 11.9 Å². The number of halogens is 1. The number of nitrogens with one attached hydrogen (secondary N) is 2. The fraction of sp³-hybridized carbons (Fsp3) is 0.231. The molecule has 2 rings (SSSR count). The lowest BCUT2D eigenvalue weighted by molar-refractivity contribution is -0.118. The van der Waals surface area contributed by atoms with Crippen molar-refractivity contribution in [1.29, 1.82) is 5.26 Å². The van der Waals surface area contributed by atoms with Gasteiger partial charge >= 0.3 is 0 Å². The van der Waals surface area contributed by atoms with Crippen LogP contribution in [0, 0.1) is 17.1 Å². The summed E-state index contributed by atoms with van der Waals surface area (Å²) in [6.07, 6.45) is 2.20. The molecule has 1 amide bonds. The molecular formula is C13H12FN3O. The molecular weight excluding hydrogens is 233 g/mol. The number of carbonyl (C=O) groups excluding carboxylic acids is 1. The Bertz CT molecular complexity index is 639. The molecule has 1 aromatic carbocycles. The minimum absolute atomic E-state index is 0.118. The molecule has 0 radical (unpaired) electrons. The number of benzene rings is 1. The molecule has 2 N–H and O–H groups in total. The molecule has 2 aromatic rings. The first-order chi connectivity index (χ1) is 8.63. The zero-order valence-corrected chi connectivity index (χ0v) is 9.88. The molecule has 0 unspecified atom stereocenters. The first-order valence-electron chi connectivity index (χ1n) is 5.56. The van der Waals surface area contributed by atoms with E-state index in [0.29, 0.717) is 29.4 Å². The monoisotopic (exact) mass is 245 g/mol. The third kappa shape index (κ3) is 2.18. The van der Waals surface area contributed by atoms with Gasteiger partial charge in [0.15, 0.2) is 0 Å². The van der Waals surface area contributed by atoms with Crippen molar-refractivity contribution >= 4 is 16.8 Å². The maximum Gasteiger partial charge on any atom is 0.216 e. The predicted molar refractivity (Wildman–Crippen MR) is 65.4 cm³/mol. The maximum absolute atomic E-state index is 13.8. The summed E-state index contributed by atoms with van der Waals surface area (Å²) < 4.78 is 13.8. The van der Waals surface area contributed by atoms with E-state index in [1.807, 2.05) is 6.07 Å². The molecule has 4 nitrogen and oxygen atoms in total. The average Bonchev–Trinajstić information content (AvgIpc) is 2.74. The second-order valence-electron chi connectivity index (χ2n) is 4.00. The molecule has 1 aromatic heterocycles. The smallest absolute Gasteiger partial charge is 0.216 e. The Morgan fingerprint density at radius 3 is 3.00 bits per heavy atom. The van der Waals surface area contributed by atoms with Crippen LogP contribution in [-0.4, -0.2) is 17.4 Å². The number of nitriles is 1. The zero-order chi connectivity index (χ0) is 13.1. The van der Waals surface area contributed by atoms with Crippen molar-refractivity contribution in [2.45, 2.75) is 13.3 Å². The highest BCUT2D eigenvalue weighted by Crippen LogP contribution is 2.24. The quantitative estimate of drug-likeness (QED) is 0.866. The van der Waals surface area contributed by atoms with Gasteiger partial charge < -0.3 is 10.3 Å². The van der Waals surface area contributed by atoms with Gasteiger partial charge in [-0.25, -0.2) is 4.39 Å². The summed E-state index contributed by atoms with van der Waals surface area (Å²) in [5, 5.41) is 12.0. The molecule has 0 aliphatic rings. The highest BCUT2D eigenvalue weighted by atomic mass is 19.1. The highest BCUT2D eigenvalue weighted by Gasteiger charge is 2.12. The van der Waals surface area contributed by atoms with Crippen molar-refractivity contribution < 1.29 is 9.18 Å². The molecule has 0 aliphatic carbocycles. The Morgan fingerprint density at radius 2 is 2.33 bits per heavy atom. The SMILES string of the molecule is CC(=O)NCCc1c[nH]c2c(C#N)ccc(F)c12. The molecule has 0 atom stereocenters. The van der Waals surface area contributed by atoms with Crippen LogP contribution < -0.4 is 5.32 Å². The Kier molecular flexibility index (Phi) is 3.28. The Hall–Kier alpha value is -2.35. The first kappa shape index (κ1) is 12.1. The zero-order valence-electron chi connectivity index (χ0n) is 9.88. The topological polar surface area (TPSA) is 68.7 Å². The number of nitrogens with zero attached hydrogens (tertiary/aromatic N) is 1. The van der Waals surface area contributed by atoms with Crippen LogP contribution in [0.5, 0.6) is 0 Å². The van der Waals surface area contributed by atoms with Crippen LogP contribution in [0.1, 0.15) is 18.1 Å². The number of fused-ring (bicyclic) bond motifs is 1. The van der Waals surface area contributed by atoms with Crippen LogP contribution in [-0.2, 0) is 11.2 Å². The average molecular weight is 245 g/mol. The van der Waals surface area contributed by atoms with Gasteiger partial charge in [0, 0.05) is 25.1 Å². The summed E-state index contributed by atoms with van der Waals surface area (Å²) in [5.41, 5.74) is 1.68. The molecule has 0 spiro atoms. The molecule has 0 aliphatic heterocycles. The summed E-state index contributed by atoms with van der Waals surface area (Å²) in [6.45, 7) is 1.88. The molecule has 0 bridgehead atoms. The third-order valence-corrected chi connectivity index (χ3v) is 2.76. The van der Waals surface area contributed by atoms with E-state index in [9.17, 15) is 9.18 Å². The van der Waals surface area contributed by atoms with Crippen molar-refractivity contribution in [3.8, 4) is 6.07 Å². The lowest BCUT2D eigenvalue weighted by Gasteiger charge is -2.02. The second-order valence-corrected chi connectivity index (χ2v) is 4.00. The maximum atomic E-state index is 13.8. The number of H-pyrrole nitrogens is 1. The van der Waals surface area contributed by atoms with Gasteiger partial charge in [-0.3, -0.25) is 4.79 Å². The van der Waals surface area contributed by atoms with E-state index >= 15 is 0 Å².